The van der Waals surface area contributed by atoms with Crippen LogP contribution in [0.1, 0.15) is 44.2 Å². The van der Waals surface area contributed by atoms with Gasteiger partial charge >= 0.3 is 0 Å². The van der Waals surface area contributed by atoms with E-state index in [0.29, 0.717) is 0 Å². The Labute approximate surface area is 176 Å². The van der Waals surface area contributed by atoms with E-state index >= 15 is 0 Å². The third kappa shape index (κ3) is 5.84. The lowest BCUT2D eigenvalue weighted by Gasteiger charge is -2.25. The van der Waals surface area contributed by atoms with Crippen LogP contribution in [0.5, 0.6) is 0 Å². The molecule has 1 aromatic rings. The van der Waals surface area contributed by atoms with Gasteiger partial charge in [0.05, 0.1) is 0 Å². The molecule has 0 spiro atoms. The normalized spacial score (nSPS) is 21.1. The Hall–Kier alpha value is -0.820. The molecule has 0 aliphatic carbocycles. The molecular formula is C21H35IN4. The van der Waals surface area contributed by atoms with Crippen molar-refractivity contribution in [3.05, 3.63) is 35.4 Å². The summed E-state index contributed by atoms with van der Waals surface area (Å²) in [6, 6.07) is 9.71. The van der Waals surface area contributed by atoms with Crippen molar-refractivity contribution < 1.29 is 0 Å². The molecule has 2 aliphatic heterocycles. The van der Waals surface area contributed by atoms with Crippen LogP contribution in [0.15, 0.2) is 29.3 Å². The average Bonchev–Trinajstić information content (AvgIpc) is 3.33. The summed E-state index contributed by atoms with van der Waals surface area (Å²) in [5.41, 5.74) is 2.79. The Bertz CT molecular complexity index is 552. The second-order valence-electron chi connectivity index (χ2n) is 7.29. The lowest BCUT2D eigenvalue weighted by molar-refractivity contribution is 0.249. The predicted molar refractivity (Wildman–Crippen MR) is 122 cm³/mol. The summed E-state index contributed by atoms with van der Waals surface area (Å²) in [5.74, 6) is 1.11. The molecule has 2 saturated heterocycles. The van der Waals surface area contributed by atoms with Crippen molar-refractivity contribution in [3.8, 4) is 0 Å². The minimum Gasteiger partial charge on any atom is -0.357 e. The molecule has 2 fully saturated rings. The van der Waals surface area contributed by atoms with Crippen molar-refractivity contribution >= 4 is 29.9 Å². The minimum absolute atomic E-state index is 0. The summed E-state index contributed by atoms with van der Waals surface area (Å²) in [7, 11) is 0. The van der Waals surface area contributed by atoms with Gasteiger partial charge in [-0.2, -0.15) is 0 Å². The summed E-state index contributed by atoms with van der Waals surface area (Å²) in [6.07, 6.45) is 6.16. The van der Waals surface area contributed by atoms with Gasteiger partial charge in [0.2, 0.25) is 0 Å². The molecule has 26 heavy (non-hydrogen) atoms. The number of guanidine groups is 1. The smallest absolute Gasteiger partial charge is 0.193 e. The predicted octanol–water partition coefficient (Wildman–Crippen LogP) is 3.55. The van der Waals surface area contributed by atoms with Gasteiger partial charge < -0.3 is 10.2 Å². The molecule has 0 amide bonds. The van der Waals surface area contributed by atoms with E-state index in [1.165, 1.54) is 43.5 Å². The Morgan fingerprint density at radius 2 is 1.77 bits per heavy atom. The molecule has 1 N–H and O–H groups in total. The Balaban J connectivity index is 0.00000243. The van der Waals surface area contributed by atoms with Gasteiger partial charge in [-0.15, -0.1) is 24.0 Å². The van der Waals surface area contributed by atoms with Crippen LogP contribution in [-0.4, -0.2) is 61.1 Å². The van der Waals surface area contributed by atoms with Gasteiger partial charge in [0.15, 0.2) is 5.96 Å². The summed E-state index contributed by atoms with van der Waals surface area (Å²) in [5, 5.41) is 3.50. The molecule has 4 nitrogen and oxygen atoms in total. The Morgan fingerprint density at radius 3 is 2.42 bits per heavy atom. The minimum atomic E-state index is 0. The van der Waals surface area contributed by atoms with Crippen molar-refractivity contribution in [2.45, 2.75) is 52.0 Å². The molecule has 2 aliphatic rings. The number of rotatable bonds is 6. The summed E-state index contributed by atoms with van der Waals surface area (Å²) in [4.78, 5) is 10.1. The van der Waals surface area contributed by atoms with E-state index in [9.17, 15) is 0 Å². The second kappa shape index (κ2) is 11.1. The molecule has 1 atom stereocenters. The van der Waals surface area contributed by atoms with Gasteiger partial charge in [-0.05, 0) is 63.2 Å². The molecule has 5 heteroatoms. The zero-order chi connectivity index (χ0) is 17.5. The van der Waals surface area contributed by atoms with E-state index in [2.05, 4.69) is 53.2 Å². The zero-order valence-corrected chi connectivity index (χ0v) is 18.7. The van der Waals surface area contributed by atoms with Gasteiger partial charge in [-0.3, -0.25) is 9.89 Å². The standard InChI is InChI=1S/C21H34N4.HI/c1-3-18-7-9-19(10-8-18)11-13-23-21(22-4-2)25-16-12-20(17-25)24-14-5-6-15-24;/h7-10,20H,3-6,11-17H2,1-2H3,(H,22,23);1H. The number of aryl methyl sites for hydroxylation is 1. The lowest BCUT2D eigenvalue weighted by atomic mass is 10.1. The monoisotopic (exact) mass is 470 g/mol. The number of hydrogen-bond donors (Lipinski definition) is 1. The van der Waals surface area contributed by atoms with E-state index in [4.69, 9.17) is 4.99 Å². The highest BCUT2D eigenvalue weighted by Gasteiger charge is 2.30. The second-order valence-corrected chi connectivity index (χ2v) is 7.29. The maximum absolute atomic E-state index is 4.91. The highest BCUT2D eigenvalue weighted by Crippen LogP contribution is 2.20. The topological polar surface area (TPSA) is 30.9 Å². The van der Waals surface area contributed by atoms with Crippen LogP contribution in [0, 0.1) is 0 Å². The largest absolute Gasteiger partial charge is 0.357 e. The van der Waals surface area contributed by atoms with Gasteiger partial charge in [0, 0.05) is 32.2 Å². The fourth-order valence-electron chi connectivity index (χ4n) is 4.00. The van der Waals surface area contributed by atoms with Gasteiger partial charge in [-0.25, -0.2) is 0 Å². The first-order chi connectivity index (χ1) is 12.3. The molecule has 0 bridgehead atoms. The zero-order valence-electron chi connectivity index (χ0n) is 16.4. The molecule has 0 aromatic heterocycles. The third-order valence-electron chi connectivity index (χ3n) is 5.55. The molecule has 0 saturated carbocycles. The Morgan fingerprint density at radius 1 is 1.08 bits per heavy atom. The summed E-state index contributed by atoms with van der Waals surface area (Å²) in [6.45, 7) is 11.0. The van der Waals surface area contributed by atoms with Crippen LogP contribution in [0.3, 0.4) is 0 Å². The van der Waals surface area contributed by atoms with E-state index in [1.54, 1.807) is 0 Å². The van der Waals surface area contributed by atoms with Crippen molar-refractivity contribution in [2.75, 3.05) is 39.3 Å². The van der Waals surface area contributed by atoms with E-state index in [1.807, 2.05) is 0 Å². The van der Waals surface area contributed by atoms with Gasteiger partial charge in [0.25, 0.3) is 0 Å². The molecule has 1 aromatic carbocycles. The number of halogens is 1. The number of nitrogens with zero attached hydrogens (tertiary/aromatic N) is 3. The highest BCUT2D eigenvalue weighted by molar-refractivity contribution is 14.0. The van der Waals surface area contributed by atoms with E-state index in [0.717, 1.165) is 51.0 Å². The van der Waals surface area contributed by atoms with Gasteiger partial charge in [0.1, 0.15) is 0 Å². The first kappa shape index (κ1) is 21.5. The van der Waals surface area contributed by atoms with Crippen LogP contribution in [0.2, 0.25) is 0 Å². The van der Waals surface area contributed by atoms with Crippen LogP contribution >= 0.6 is 24.0 Å². The quantitative estimate of drug-likeness (QED) is 0.392. The summed E-state index contributed by atoms with van der Waals surface area (Å²) >= 11 is 0. The summed E-state index contributed by atoms with van der Waals surface area (Å²) < 4.78 is 0. The fourth-order valence-corrected chi connectivity index (χ4v) is 4.00. The van der Waals surface area contributed by atoms with Crippen molar-refractivity contribution in [3.63, 3.8) is 0 Å². The number of nitrogens with one attached hydrogen (secondary N) is 1. The fraction of sp³-hybridized carbons (Fsp3) is 0.667. The molecular weight excluding hydrogens is 435 g/mol. The van der Waals surface area contributed by atoms with Crippen LogP contribution in [0.25, 0.3) is 0 Å². The number of aliphatic imine (C=N–C) groups is 1. The average molecular weight is 470 g/mol. The first-order valence-corrected chi connectivity index (χ1v) is 10.1. The number of benzene rings is 1. The maximum atomic E-state index is 4.91. The molecule has 2 heterocycles. The Kier molecular flexibility index (Phi) is 9.19. The van der Waals surface area contributed by atoms with Crippen LogP contribution in [0.4, 0.5) is 0 Å². The third-order valence-corrected chi connectivity index (χ3v) is 5.55. The SMILES string of the molecule is CCNC(=NCCc1ccc(CC)cc1)N1CCC(N2CCCC2)C1.I. The van der Waals surface area contributed by atoms with Crippen molar-refractivity contribution in [1.29, 1.82) is 0 Å². The van der Waals surface area contributed by atoms with Crippen molar-refractivity contribution in [2.24, 2.45) is 4.99 Å². The number of likely N-dealkylation sites (tertiary alicyclic amines) is 2. The highest BCUT2D eigenvalue weighted by atomic mass is 127. The first-order valence-electron chi connectivity index (χ1n) is 10.1. The van der Waals surface area contributed by atoms with Crippen molar-refractivity contribution in [1.82, 2.24) is 15.1 Å². The van der Waals surface area contributed by atoms with Crippen LogP contribution in [-0.2, 0) is 12.8 Å². The van der Waals surface area contributed by atoms with E-state index < -0.39 is 0 Å². The number of hydrogen-bond acceptors (Lipinski definition) is 2. The lowest BCUT2D eigenvalue weighted by Crippen LogP contribution is -2.42. The molecule has 1 unspecified atom stereocenters. The van der Waals surface area contributed by atoms with E-state index in [-0.39, 0.29) is 24.0 Å². The van der Waals surface area contributed by atoms with Gasteiger partial charge in [-0.1, -0.05) is 31.2 Å². The van der Waals surface area contributed by atoms with Crippen LogP contribution < -0.4 is 5.32 Å². The molecule has 3 rings (SSSR count). The maximum Gasteiger partial charge on any atom is 0.193 e. The molecule has 146 valence electrons. The molecule has 0 radical (unpaired) electrons.